The molecule has 1 fully saturated rings. The summed E-state index contributed by atoms with van der Waals surface area (Å²) in [5, 5.41) is 15.4. The molecular weight excluding hydrogens is 316 g/mol. The molecule has 0 saturated carbocycles. The van der Waals surface area contributed by atoms with E-state index in [0.717, 1.165) is 50.1 Å². The first-order valence-corrected chi connectivity index (χ1v) is 9.46. The minimum Gasteiger partial charge on any atom is -0.377 e. The van der Waals surface area contributed by atoms with Gasteiger partial charge in [0.05, 0.1) is 12.6 Å². The van der Waals surface area contributed by atoms with Crippen LogP contribution >= 0.6 is 0 Å². The van der Waals surface area contributed by atoms with Gasteiger partial charge in [-0.15, -0.1) is 10.2 Å². The molecule has 2 aliphatic rings. The Morgan fingerprint density at radius 2 is 2.12 bits per heavy atom. The topological polar surface area (TPSA) is 76.4 Å². The molecule has 7 nitrogen and oxygen atoms in total. The number of nitrogens with one attached hydrogen (secondary N) is 2. The van der Waals surface area contributed by atoms with Crippen molar-refractivity contribution in [1.29, 1.82) is 0 Å². The van der Waals surface area contributed by atoms with Gasteiger partial charge < -0.3 is 19.9 Å². The van der Waals surface area contributed by atoms with Crippen LogP contribution in [0.25, 0.3) is 0 Å². The predicted molar refractivity (Wildman–Crippen MR) is 98.5 cm³/mol. The van der Waals surface area contributed by atoms with Crippen molar-refractivity contribution >= 4 is 5.96 Å². The molecule has 2 unspecified atom stereocenters. The van der Waals surface area contributed by atoms with Crippen LogP contribution in [0.5, 0.6) is 0 Å². The maximum Gasteiger partial charge on any atom is 0.191 e. The van der Waals surface area contributed by atoms with Crippen LogP contribution in [0.15, 0.2) is 4.99 Å². The van der Waals surface area contributed by atoms with Gasteiger partial charge in [0.2, 0.25) is 0 Å². The molecule has 3 heterocycles. The molecule has 2 aliphatic heterocycles. The molecule has 140 valence electrons. The van der Waals surface area contributed by atoms with Crippen LogP contribution in [0.3, 0.4) is 0 Å². The van der Waals surface area contributed by atoms with Gasteiger partial charge in [-0.05, 0) is 24.7 Å². The quantitative estimate of drug-likeness (QED) is 0.640. The lowest BCUT2D eigenvalue weighted by Crippen LogP contribution is -2.47. The number of aryl methyl sites for hydroxylation is 1. The van der Waals surface area contributed by atoms with Gasteiger partial charge in [0, 0.05) is 39.1 Å². The molecule has 7 heteroatoms. The summed E-state index contributed by atoms with van der Waals surface area (Å²) in [4.78, 5) is 4.35. The third-order valence-electron chi connectivity index (χ3n) is 5.15. The van der Waals surface area contributed by atoms with Gasteiger partial charge in [-0.1, -0.05) is 20.8 Å². The van der Waals surface area contributed by atoms with E-state index in [1.807, 2.05) is 7.05 Å². The molecule has 0 aromatic carbocycles. The summed E-state index contributed by atoms with van der Waals surface area (Å²) in [6.45, 7) is 10.2. The minimum absolute atomic E-state index is 0.159. The first kappa shape index (κ1) is 18.2. The van der Waals surface area contributed by atoms with E-state index in [9.17, 15) is 0 Å². The van der Waals surface area contributed by atoms with Crippen molar-refractivity contribution in [2.45, 2.75) is 65.6 Å². The monoisotopic (exact) mass is 348 g/mol. The maximum atomic E-state index is 6.07. The number of guanidine groups is 1. The van der Waals surface area contributed by atoms with Crippen LogP contribution in [0, 0.1) is 11.3 Å². The molecule has 2 atom stereocenters. The summed E-state index contributed by atoms with van der Waals surface area (Å²) >= 11 is 0. The molecule has 3 rings (SSSR count). The second-order valence-corrected chi connectivity index (χ2v) is 8.15. The highest BCUT2D eigenvalue weighted by atomic mass is 16.5. The Morgan fingerprint density at radius 1 is 1.28 bits per heavy atom. The van der Waals surface area contributed by atoms with Crippen LogP contribution in [0.1, 0.15) is 51.7 Å². The molecule has 2 N–H and O–H groups in total. The van der Waals surface area contributed by atoms with Crippen molar-refractivity contribution in [3.05, 3.63) is 11.6 Å². The fourth-order valence-electron chi connectivity index (χ4n) is 3.96. The van der Waals surface area contributed by atoms with Crippen molar-refractivity contribution in [2.24, 2.45) is 16.3 Å². The van der Waals surface area contributed by atoms with Crippen molar-refractivity contribution in [3.8, 4) is 0 Å². The van der Waals surface area contributed by atoms with Crippen molar-refractivity contribution in [2.75, 3.05) is 20.2 Å². The predicted octanol–water partition coefficient (Wildman–Crippen LogP) is 1.73. The third-order valence-corrected chi connectivity index (χ3v) is 5.15. The smallest absolute Gasteiger partial charge is 0.191 e. The van der Waals surface area contributed by atoms with Crippen LogP contribution in [0.4, 0.5) is 0 Å². The standard InChI is InChI=1S/C18H32N6O/c1-18(2,3)16-13(7-6-10-25-16)11-20-17(19-4)21-12-15-23-22-14-8-5-9-24(14)15/h13,16H,5-12H2,1-4H3,(H2,19,20,21). The van der Waals surface area contributed by atoms with Crippen molar-refractivity contribution in [1.82, 2.24) is 25.4 Å². The lowest BCUT2D eigenvalue weighted by atomic mass is 9.78. The molecule has 25 heavy (non-hydrogen) atoms. The number of nitrogens with zero attached hydrogens (tertiary/aromatic N) is 4. The maximum absolute atomic E-state index is 6.07. The first-order chi connectivity index (χ1) is 12.0. The van der Waals surface area contributed by atoms with Gasteiger partial charge in [-0.3, -0.25) is 4.99 Å². The summed E-state index contributed by atoms with van der Waals surface area (Å²) in [5.41, 5.74) is 0.159. The number of aliphatic imine (C=N–C) groups is 1. The number of aromatic nitrogens is 3. The average Bonchev–Trinajstić information content (AvgIpc) is 3.19. The van der Waals surface area contributed by atoms with Gasteiger partial charge in [0.15, 0.2) is 11.8 Å². The highest BCUT2D eigenvalue weighted by Gasteiger charge is 2.35. The van der Waals surface area contributed by atoms with Gasteiger partial charge in [0.1, 0.15) is 5.82 Å². The SMILES string of the molecule is CN=C(NCc1nnc2n1CCC2)NCC1CCCOC1C(C)(C)C. The van der Waals surface area contributed by atoms with Crippen molar-refractivity contribution < 1.29 is 4.74 Å². The highest BCUT2D eigenvalue weighted by molar-refractivity contribution is 5.79. The Balaban J connectivity index is 1.52. The van der Waals surface area contributed by atoms with E-state index in [1.165, 1.54) is 12.8 Å². The molecule has 0 spiro atoms. The Bertz CT molecular complexity index is 603. The fraction of sp³-hybridized carbons (Fsp3) is 0.833. The summed E-state index contributed by atoms with van der Waals surface area (Å²) in [6.07, 6.45) is 4.82. The third kappa shape index (κ3) is 4.32. The summed E-state index contributed by atoms with van der Waals surface area (Å²) in [5.74, 6) is 3.41. The normalized spacial score (nSPS) is 24.2. The Hall–Kier alpha value is -1.63. The summed E-state index contributed by atoms with van der Waals surface area (Å²) < 4.78 is 8.28. The van der Waals surface area contributed by atoms with E-state index >= 15 is 0 Å². The van der Waals surface area contributed by atoms with Crippen LogP contribution in [-0.2, 0) is 24.2 Å². The van der Waals surface area contributed by atoms with Crippen LogP contribution < -0.4 is 10.6 Å². The van der Waals surface area contributed by atoms with E-state index in [2.05, 4.69) is 51.2 Å². The number of fused-ring (bicyclic) bond motifs is 1. The molecule has 1 aromatic heterocycles. The Kier molecular flexibility index (Phi) is 5.61. The lowest BCUT2D eigenvalue weighted by molar-refractivity contribution is -0.0835. The largest absolute Gasteiger partial charge is 0.377 e. The van der Waals surface area contributed by atoms with E-state index in [-0.39, 0.29) is 11.5 Å². The highest BCUT2D eigenvalue weighted by Crippen LogP contribution is 2.33. The van der Waals surface area contributed by atoms with Gasteiger partial charge in [0.25, 0.3) is 0 Å². The zero-order valence-corrected chi connectivity index (χ0v) is 16.0. The van der Waals surface area contributed by atoms with E-state index in [1.54, 1.807) is 0 Å². The van der Waals surface area contributed by atoms with Crippen molar-refractivity contribution in [3.63, 3.8) is 0 Å². The van der Waals surface area contributed by atoms with Gasteiger partial charge >= 0.3 is 0 Å². The zero-order valence-electron chi connectivity index (χ0n) is 16.0. The summed E-state index contributed by atoms with van der Waals surface area (Å²) in [7, 11) is 1.81. The molecule has 1 saturated heterocycles. The fourth-order valence-corrected chi connectivity index (χ4v) is 3.96. The molecule has 0 radical (unpaired) electrons. The zero-order chi connectivity index (χ0) is 17.9. The van der Waals surface area contributed by atoms with E-state index in [4.69, 9.17) is 4.74 Å². The molecule has 0 aliphatic carbocycles. The second-order valence-electron chi connectivity index (χ2n) is 8.15. The average molecular weight is 348 g/mol. The molecule has 0 bridgehead atoms. The van der Waals surface area contributed by atoms with E-state index < -0.39 is 0 Å². The molecular formula is C18H32N6O. The van der Waals surface area contributed by atoms with Gasteiger partial charge in [-0.25, -0.2) is 0 Å². The summed E-state index contributed by atoms with van der Waals surface area (Å²) in [6, 6.07) is 0. The number of hydrogen-bond acceptors (Lipinski definition) is 4. The number of hydrogen-bond donors (Lipinski definition) is 2. The second kappa shape index (κ2) is 7.72. The van der Waals surface area contributed by atoms with E-state index in [0.29, 0.717) is 12.5 Å². The molecule has 1 aromatic rings. The van der Waals surface area contributed by atoms with Crippen LogP contribution in [0.2, 0.25) is 0 Å². The number of ether oxygens (including phenoxy) is 1. The minimum atomic E-state index is 0.159. The lowest BCUT2D eigenvalue weighted by Gasteiger charge is -2.40. The molecule has 0 amide bonds. The Labute approximate surface area is 150 Å². The number of rotatable bonds is 4. The Morgan fingerprint density at radius 3 is 2.88 bits per heavy atom. The first-order valence-electron chi connectivity index (χ1n) is 9.46. The van der Waals surface area contributed by atoms with Gasteiger partial charge in [-0.2, -0.15) is 0 Å². The van der Waals surface area contributed by atoms with Crippen LogP contribution in [-0.4, -0.2) is 47.0 Å².